The van der Waals surface area contributed by atoms with Gasteiger partial charge < -0.3 is 10.1 Å². The Labute approximate surface area is 102 Å². The van der Waals surface area contributed by atoms with E-state index in [0.717, 1.165) is 30.2 Å². The fraction of sp³-hybridized carbons (Fsp3) is 0.538. The normalized spacial score (nSPS) is 22.3. The van der Waals surface area contributed by atoms with Gasteiger partial charge in [-0.15, -0.1) is 0 Å². The first kappa shape index (κ1) is 11.9. The minimum Gasteiger partial charge on any atom is -0.381 e. The second-order valence-electron chi connectivity index (χ2n) is 4.40. The van der Waals surface area contributed by atoms with E-state index in [1.165, 1.54) is 5.56 Å². The molecule has 0 spiro atoms. The van der Waals surface area contributed by atoms with Crippen LogP contribution in [-0.2, 0) is 4.74 Å². The zero-order chi connectivity index (χ0) is 11.5. The van der Waals surface area contributed by atoms with Crippen molar-refractivity contribution in [2.45, 2.75) is 19.4 Å². The first-order valence-corrected chi connectivity index (χ1v) is 6.11. The molecule has 2 atom stereocenters. The molecule has 1 aliphatic rings. The molecular formula is C13H18ClNO. The summed E-state index contributed by atoms with van der Waals surface area (Å²) >= 11 is 6.04. The number of ether oxygens (including phenoxy) is 1. The van der Waals surface area contributed by atoms with Crippen molar-refractivity contribution in [3.63, 3.8) is 0 Å². The Balaban J connectivity index is 2.22. The van der Waals surface area contributed by atoms with Gasteiger partial charge in [0, 0.05) is 23.6 Å². The minimum absolute atomic E-state index is 0.374. The van der Waals surface area contributed by atoms with Crippen LogP contribution in [0.1, 0.15) is 23.6 Å². The average Bonchev–Trinajstić information content (AvgIpc) is 2.78. The van der Waals surface area contributed by atoms with Crippen LogP contribution >= 0.6 is 11.6 Å². The predicted molar refractivity (Wildman–Crippen MR) is 66.9 cm³/mol. The summed E-state index contributed by atoms with van der Waals surface area (Å²) in [7, 11) is 2.01. The number of hydrogen-bond acceptors (Lipinski definition) is 2. The van der Waals surface area contributed by atoms with Gasteiger partial charge in [-0.1, -0.05) is 23.7 Å². The molecule has 2 nitrogen and oxygen atoms in total. The minimum atomic E-state index is 0.374. The lowest BCUT2D eigenvalue weighted by Gasteiger charge is -2.22. The first-order valence-electron chi connectivity index (χ1n) is 5.73. The van der Waals surface area contributed by atoms with Gasteiger partial charge in [0.05, 0.1) is 6.61 Å². The standard InChI is InChI=1S/C13H18ClNO/c1-9-7-10(3-4-12(9)14)13(15-2)11-5-6-16-8-11/h3-4,7,11,13,15H,5-6,8H2,1-2H3. The zero-order valence-corrected chi connectivity index (χ0v) is 10.6. The lowest BCUT2D eigenvalue weighted by molar-refractivity contribution is 0.178. The van der Waals surface area contributed by atoms with Crippen molar-refractivity contribution in [2.75, 3.05) is 20.3 Å². The second kappa shape index (κ2) is 5.17. The van der Waals surface area contributed by atoms with Gasteiger partial charge in [-0.2, -0.15) is 0 Å². The van der Waals surface area contributed by atoms with Crippen LogP contribution in [0.2, 0.25) is 5.02 Å². The largest absolute Gasteiger partial charge is 0.381 e. The highest BCUT2D eigenvalue weighted by Gasteiger charge is 2.25. The van der Waals surface area contributed by atoms with E-state index in [4.69, 9.17) is 16.3 Å². The first-order chi connectivity index (χ1) is 7.72. The number of nitrogens with one attached hydrogen (secondary N) is 1. The van der Waals surface area contributed by atoms with E-state index < -0.39 is 0 Å². The van der Waals surface area contributed by atoms with E-state index in [9.17, 15) is 0 Å². The molecule has 1 N–H and O–H groups in total. The van der Waals surface area contributed by atoms with Crippen molar-refractivity contribution < 1.29 is 4.74 Å². The van der Waals surface area contributed by atoms with Gasteiger partial charge in [-0.25, -0.2) is 0 Å². The number of rotatable bonds is 3. The fourth-order valence-corrected chi connectivity index (χ4v) is 2.47. The molecule has 0 saturated carbocycles. The molecular weight excluding hydrogens is 222 g/mol. The second-order valence-corrected chi connectivity index (χ2v) is 4.81. The van der Waals surface area contributed by atoms with Crippen LogP contribution in [0, 0.1) is 12.8 Å². The van der Waals surface area contributed by atoms with Gasteiger partial charge in [-0.05, 0) is 37.6 Å². The Kier molecular flexibility index (Phi) is 3.85. The van der Waals surface area contributed by atoms with E-state index in [1.807, 2.05) is 20.0 Å². The summed E-state index contributed by atoms with van der Waals surface area (Å²) in [6, 6.07) is 6.63. The topological polar surface area (TPSA) is 21.3 Å². The summed E-state index contributed by atoms with van der Waals surface area (Å²) in [6.45, 7) is 3.78. The van der Waals surface area contributed by atoms with Crippen molar-refractivity contribution in [1.29, 1.82) is 0 Å². The summed E-state index contributed by atoms with van der Waals surface area (Å²) in [5.41, 5.74) is 2.44. The Morgan fingerprint density at radius 3 is 2.88 bits per heavy atom. The number of halogens is 1. The van der Waals surface area contributed by atoms with Crippen molar-refractivity contribution in [3.8, 4) is 0 Å². The summed E-state index contributed by atoms with van der Waals surface area (Å²) < 4.78 is 5.45. The smallest absolute Gasteiger partial charge is 0.0513 e. The third kappa shape index (κ3) is 2.40. The third-order valence-electron chi connectivity index (χ3n) is 3.29. The predicted octanol–water partition coefficient (Wildman–Crippen LogP) is 2.95. The molecule has 0 amide bonds. The van der Waals surface area contributed by atoms with Crippen molar-refractivity contribution in [3.05, 3.63) is 34.3 Å². The van der Waals surface area contributed by atoms with E-state index >= 15 is 0 Å². The maximum absolute atomic E-state index is 6.04. The molecule has 0 aliphatic carbocycles. The molecule has 0 aromatic heterocycles. The van der Waals surface area contributed by atoms with Gasteiger partial charge in [0.25, 0.3) is 0 Å². The summed E-state index contributed by atoms with van der Waals surface area (Å²) in [6.07, 6.45) is 1.13. The molecule has 1 saturated heterocycles. The zero-order valence-electron chi connectivity index (χ0n) is 9.79. The van der Waals surface area contributed by atoms with Crippen molar-refractivity contribution in [1.82, 2.24) is 5.32 Å². The molecule has 1 aromatic rings. The molecule has 0 bridgehead atoms. The van der Waals surface area contributed by atoms with Gasteiger partial charge >= 0.3 is 0 Å². The SMILES string of the molecule is CNC(c1ccc(Cl)c(C)c1)C1CCOC1. The van der Waals surface area contributed by atoms with E-state index in [2.05, 4.69) is 17.4 Å². The molecule has 3 heteroatoms. The number of hydrogen-bond donors (Lipinski definition) is 1. The monoisotopic (exact) mass is 239 g/mol. The summed E-state index contributed by atoms with van der Waals surface area (Å²) in [4.78, 5) is 0. The Morgan fingerprint density at radius 1 is 1.50 bits per heavy atom. The number of benzene rings is 1. The quantitative estimate of drug-likeness (QED) is 0.876. The fourth-order valence-electron chi connectivity index (χ4n) is 2.35. The molecule has 0 radical (unpaired) electrons. The summed E-state index contributed by atoms with van der Waals surface area (Å²) in [5, 5.41) is 4.22. The van der Waals surface area contributed by atoms with Crippen LogP contribution in [-0.4, -0.2) is 20.3 Å². The lowest BCUT2D eigenvalue weighted by atomic mass is 9.92. The molecule has 88 valence electrons. The van der Waals surface area contributed by atoms with Gasteiger partial charge in [0.1, 0.15) is 0 Å². The van der Waals surface area contributed by atoms with Crippen molar-refractivity contribution >= 4 is 11.6 Å². The van der Waals surface area contributed by atoms with Gasteiger partial charge in [0.15, 0.2) is 0 Å². The molecule has 2 unspecified atom stereocenters. The molecule has 1 fully saturated rings. The van der Waals surface area contributed by atoms with Crippen LogP contribution in [0.4, 0.5) is 0 Å². The van der Waals surface area contributed by atoms with Crippen molar-refractivity contribution in [2.24, 2.45) is 5.92 Å². The van der Waals surface area contributed by atoms with E-state index in [1.54, 1.807) is 0 Å². The maximum Gasteiger partial charge on any atom is 0.0513 e. The molecule has 2 rings (SSSR count). The molecule has 1 aliphatic heterocycles. The molecule has 16 heavy (non-hydrogen) atoms. The molecule has 1 heterocycles. The van der Waals surface area contributed by atoms with Gasteiger partial charge in [0.2, 0.25) is 0 Å². The maximum atomic E-state index is 6.04. The Morgan fingerprint density at radius 2 is 2.31 bits per heavy atom. The highest BCUT2D eigenvalue weighted by molar-refractivity contribution is 6.31. The van der Waals surface area contributed by atoms with E-state index in [0.29, 0.717) is 12.0 Å². The van der Waals surface area contributed by atoms with E-state index in [-0.39, 0.29) is 0 Å². The van der Waals surface area contributed by atoms with Crippen LogP contribution in [0.25, 0.3) is 0 Å². The average molecular weight is 240 g/mol. The lowest BCUT2D eigenvalue weighted by Crippen LogP contribution is -2.25. The van der Waals surface area contributed by atoms with Crippen LogP contribution in [0.3, 0.4) is 0 Å². The van der Waals surface area contributed by atoms with Crippen LogP contribution in [0.5, 0.6) is 0 Å². The Hall–Kier alpha value is -0.570. The molecule has 1 aromatic carbocycles. The Bertz CT molecular complexity index is 361. The highest BCUT2D eigenvalue weighted by Crippen LogP contribution is 2.30. The third-order valence-corrected chi connectivity index (χ3v) is 3.71. The number of aryl methyl sites for hydroxylation is 1. The summed E-state index contributed by atoms with van der Waals surface area (Å²) in [5.74, 6) is 0.575. The van der Waals surface area contributed by atoms with Crippen LogP contribution in [0.15, 0.2) is 18.2 Å². The van der Waals surface area contributed by atoms with Crippen LogP contribution < -0.4 is 5.32 Å². The van der Waals surface area contributed by atoms with Gasteiger partial charge in [-0.3, -0.25) is 0 Å². The highest BCUT2D eigenvalue weighted by atomic mass is 35.5.